The first kappa shape index (κ1) is 13.6. The molecule has 94 valence electrons. The van der Waals surface area contributed by atoms with Gasteiger partial charge in [-0.25, -0.2) is 4.79 Å². The summed E-state index contributed by atoms with van der Waals surface area (Å²) in [6, 6.07) is 6.94. The number of carboxylic acid groups (broad SMARTS) is 1. The Balaban J connectivity index is 2.31. The molecule has 0 aliphatic heterocycles. The van der Waals surface area contributed by atoms with Crippen molar-refractivity contribution in [2.24, 2.45) is 5.92 Å². The maximum absolute atomic E-state index is 10.8. The Labute approximate surface area is 103 Å². The van der Waals surface area contributed by atoms with Gasteiger partial charge in [0.1, 0.15) is 0 Å². The predicted octanol–water partition coefficient (Wildman–Crippen LogP) is 3.62. The molecule has 17 heavy (non-hydrogen) atoms. The number of rotatable bonds is 7. The molecule has 1 rings (SSSR count). The van der Waals surface area contributed by atoms with E-state index in [0.29, 0.717) is 5.56 Å². The van der Waals surface area contributed by atoms with E-state index in [0.717, 1.165) is 24.6 Å². The second kappa shape index (κ2) is 6.94. The van der Waals surface area contributed by atoms with Gasteiger partial charge in [0.15, 0.2) is 0 Å². The van der Waals surface area contributed by atoms with E-state index in [1.165, 1.54) is 12.8 Å². The molecule has 2 N–H and O–H groups in total. The third-order valence-electron chi connectivity index (χ3n) is 2.65. The fourth-order valence-electron chi connectivity index (χ4n) is 1.67. The van der Waals surface area contributed by atoms with Gasteiger partial charge in [-0.2, -0.15) is 0 Å². The lowest BCUT2D eigenvalue weighted by molar-refractivity contribution is 0.0697. The molecule has 0 saturated carbocycles. The summed E-state index contributed by atoms with van der Waals surface area (Å²) in [6.07, 6.45) is 3.58. The number of carbonyl (C=O) groups is 1. The van der Waals surface area contributed by atoms with Crippen molar-refractivity contribution < 1.29 is 9.90 Å². The summed E-state index contributed by atoms with van der Waals surface area (Å²) >= 11 is 0. The van der Waals surface area contributed by atoms with Crippen molar-refractivity contribution in [3.63, 3.8) is 0 Å². The molecule has 1 aromatic carbocycles. The van der Waals surface area contributed by atoms with E-state index in [1.54, 1.807) is 18.2 Å². The van der Waals surface area contributed by atoms with Crippen molar-refractivity contribution in [2.75, 3.05) is 11.9 Å². The molecule has 0 amide bonds. The van der Waals surface area contributed by atoms with Gasteiger partial charge in [0.05, 0.1) is 5.56 Å². The largest absolute Gasteiger partial charge is 0.478 e. The summed E-state index contributed by atoms with van der Waals surface area (Å²) in [5, 5.41) is 12.1. The monoisotopic (exact) mass is 235 g/mol. The zero-order valence-electron chi connectivity index (χ0n) is 10.6. The molecule has 0 aliphatic rings. The minimum atomic E-state index is -0.881. The van der Waals surface area contributed by atoms with Gasteiger partial charge in [-0.15, -0.1) is 0 Å². The SMILES string of the molecule is CC(C)CCCCNc1cccc(C(=O)O)c1. The normalized spacial score (nSPS) is 10.5. The van der Waals surface area contributed by atoms with Gasteiger partial charge in [-0.3, -0.25) is 0 Å². The van der Waals surface area contributed by atoms with Crippen LogP contribution in [0.4, 0.5) is 5.69 Å². The Morgan fingerprint density at radius 3 is 2.76 bits per heavy atom. The minimum absolute atomic E-state index is 0.331. The second-order valence-electron chi connectivity index (χ2n) is 4.70. The average Bonchev–Trinajstić information content (AvgIpc) is 2.28. The number of carboxylic acids is 1. The number of hydrogen-bond acceptors (Lipinski definition) is 2. The highest BCUT2D eigenvalue weighted by Gasteiger charge is 2.02. The van der Waals surface area contributed by atoms with Crippen LogP contribution in [0.25, 0.3) is 0 Å². The van der Waals surface area contributed by atoms with Gasteiger partial charge in [0.2, 0.25) is 0 Å². The number of benzene rings is 1. The average molecular weight is 235 g/mol. The van der Waals surface area contributed by atoms with E-state index < -0.39 is 5.97 Å². The fraction of sp³-hybridized carbons (Fsp3) is 0.500. The first-order chi connectivity index (χ1) is 8.09. The maximum atomic E-state index is 10.8. The van der Waals surface area contributed by atoms with Gasteiger partial charge in [0, 0.05) is 12.2 Å². The van der Waals surface area contributed by atoms with Crippen LogP contribution in [0.5, 0.6) is 0 Å². The number of nitrogens with one attached hydrogen (secondary N) is 1. The standard InChI is InChI=1S/C14H21NO2/c1-11(2)6-3-4-9-15-13-8-5-7-12(10-13)14(16)17/h5,7-8,10-11,15H,3-4,6,9H2,1-2H3,(H,16,17). The number of aromatic carboxylic acids is 1. The van der Waals surface area contributed by atoms with Crippen LogP contribution in [0.15, 0.2) is 24.3 Å². The van der Waals surface area contributed by atoms with Crippen LogP contribution in [0.1, 0.15) is 43.5 Å². The van der Waals surface area contributed by atoms with E-state index >= 15 is 0 Å². The molecule has 3 heteroatoms. The van der Waals surface area contributed by atoms with Crippen LogP contribution < -0.4 is 5.32 Å². The molecule has 1 aromatic rings. The number of unbranched alkanes of at least 4 members (excludes halogenated alkanes) is 1. The Bertz CT molecular complexity index is 361. The molecule has 0 aromatic heterocycles. The summed E-state index contributed by atoms with van der Waals surface area (Å²) in [7, 11) is 0. The smallest absolute Gasteiger partial charge is 0.335 e. The third kappa shape index (κ3) is 5.38. The van der Waals surface area contributed by atoms with Crippen LogP contribution >= 0.6 is 0 Å². The highest BCUT2D eigenvalue weighted by atomic mass is 16.4. The van der Waals surface area contributed by atoms with E-state index in [4.69, 9.17) is 5.11 Å². The van der Waals surface area contributed by atoms with Crippen molar-refractivity contribution in [1.82, 2.24) is 0 Å². The minimum Gasteiger partial charge on any atom is -0.478 e. The van der Waals surface area contributed by atoms with Crippen molar-refractivity contribution in [2.45, 2.75) is 33.1 Å². The Morgan fingerprint density at radius 2 is 2.12 bits per heavy atom. The van der Waals surface area contributed by atoms with Crippen LogP contribution in [0.2, 0.25) is 0 Å². The molecule has 0 bridgehead atoms. The maximum Gasteiger partial charge on any atom is 0.335 e. The Kier molecular flexibility index (Phi) is 5.53. The van der Waals surface area contributed by atoms with Gasteiger partial charge in [-0.05, 0) is 30.5 Å². The zero-order chi connectivity index (χ0) is 12.7. The molecule has 0 saturated heterocycles. The van der Waals surface area contributed by atoms with E-state index in [9.17, 15) is 4.79 Å². The van der Waals surface area contributed by atoms with Crippen LogP contribution in [-0.2, 0) is 0 Å². The molecule has 0 spiro atoms. The van der Waals surface area contributed by atoms with E-state index in [2.05, 4.69) is 19.2 Å². The first-order valence-electron chi connectivity index (χ1n) is 6.17. The van der Waals surface area contributed by atoms with Gasteiger partial charge in [0.25, 0.3) is 0 Å². The van der Waals surface area contributed by atoms with E-state index in [1.807, 2.05) is 6.07 Å². The van der Waals surface area contributed by atoms with Crippen LogP contribution in [0.3, 0.4) is 0 Å². The lowest BCUT2D eigenvalue weighted by atomic mass is 10.1. The first-order valence-corrected chi connectivity index (χ1v) is 6.17. The van der Waals surface area contributed by atoms with Crippen LogP contribution in [-0.4, -0.2) is 17.6 Å². The summed E-state index contributed by atoms with van der Waals surface area (Å²) < 4.78 is 0. The quantitative estimate of drug-likeness (QED) is 0.710. The Morgan fingerprint density at radius 1 is 1.35 bits per heavy atom. The molecular weight excluding hydrogens is 214 g/mol. The van der Waals surface area contributed by atoms with Gasteiger partial charge < -0.3 is 10.4 Å². The second-order valence-corrected chi connectivity index (χ2v) is 4.70. The molecule has 0 aliphatic carbocycles. The van der Waals surface area contributed by atoms with Crippen molar-refractivity contribution in [3.05, 3.63) is 29.8 Å². The summed E-state index contributed by atoms with van der Waals surface area (Å²) in [5.74, 6) is -0.126. The van der Waals surface area contributed by atoms with Crippen molar-refractivity contribution >= 4 is 11.7 Å². The molecule has 0 fully saturated rings. The Hall–Kier alpha value is -1.51. The summed E-state index contributed by atoms with van der Waals surface area (Å²) in [4.78, 5) is 10.8. The molecule has 0 atom stereocenters. The highest BCUT2D eigenvalue weighted by Crippen LogP contribution is 2.11. The summed E-state index contributed by atoms with van der Waals surface area (Å²) in [6.45, 7) is 5.35. The molecule has 0 heterocycles. The summed E-state index contributed by atoms with van der Waals surface area (Å²) in [5.41, 5.74) is 1.21. The predicted molar refractivity (Wildman–Crippen MR) is 70.6 cm³/mol. The topological polar surface area (TPSA) is 49.3 Å². The van der Waals surface area contributed by atoms with Crippen molar-refractivity contribution in [1.29, 1.82) is 0 Å². The molecule has 0 radical (unpaired) electrons. The van der Waals surface area contributed by atoms with Gasteiger partial charge >= 0.3 is 5.97 Å². The third-order valence-corrected chi connectivity index (χ3v) is 2.65. The lowest BCUT2D eigenvalue weighted by Crippen LogP contribution is -2.03. The molecule has 0 unspecified atom stereocenters. The lowest BCUT2D eigenvalue weighted by Gasteiger charge is -2.08. The highest BCUT2D eigenvalue weighted by molar-refractivity contribution is 5.88. The molecule has 3 nitrogen and oxygen atoms in total. The fourth-order valence-corrected chi connectivity index (χ4v) is 1.67. The van der Waals surface area contributed by atoms with Crippen molar-refractivity contribution in [3.8, 4) is 0 Å². The van der Waals surface area contributed by atoms with Gasteiger partial charge in [-0.1, -0.05) is 32.8 Å². The van der Waals surface area contributed by atoms with E-state index in [-0.39, 0.29) is 0 Å². The molecular formula is C14H21NO2. The zero-order valence-corrected chi connectivity index (χ0v) is 10.6. The van der Waals surface area contributed by atoms with Crippen LogP contribution in [0, 0.1) is 5.92 Å². The number of hydrogen-bond donors (Lipinski definition) is 2. The number of anilines is 1.